The van der Waals surface area contributed by atoms with Gasteiger partial charge in [-0.3, -0.25) is 0 Å². The van der Waals surface area contributed by atoms with Crippen LogP contribution in [0.2, 0.25) is 10.0 Å². The molecule has 0 aliphatic carbocycles. The first-order valence-corrected chi connectivity index (χ1v) is 6.23. The minimum absolute atomic E-state index is 0.0715. The lowest BCUT2D eigenvalue weighted by Crippen LogP contribution is -2.04. The molecular formula is C14H16Cl2O. The quantitative estimate of drug-likeness (QED) is 0.510. The van der Waals surface area contributed by atoms with E-state index in [9.17, 15) is 0 Å². The maximum Gasteiger partial charge on any atom is 0.0965 e. The molecule has 0 amide bonds. The minimum Gasteiger partial charge on any atom is -0.498 e. The normalized spacial score (nSPS) is 11.9. The topological polar surface area (TPSA) is 9.23 Å². The van der Waals surface area contributed by atoms with Gasteiger partial charge in [-0.1, -0.05) is 41.9 Å². The van der Waals surface area contributed by atoms with E-state index in [0.717, 1.165) is 17.7 Å². The van der Waals surface area contributed by atoms with Crippen LogP contribution < -0.4 is 0 Å². The molecule has 0 saturated heterocycles. The molecule has 3 heteroatoms. The number of hydrogen-bond donors (Lipinski definition) is 0. The molecule has 0 aliphatic heterocycles. The highest BCUT2D eigenvalue weighted by Gasteiger charge is 2.16. The van der Waals surface area contributed by atoms with E-state index in [1.807, 2.05) is 25.1 Å². The molecule has 0 aliphatic rings. The molecule has 1 aromatic rings. The van der Waals surface area contributed by atoms with Crippen LogP contribution >= 0.6 is 23.2 Å². The van der Waals surface area contributed by atoms with Crippen molar-refractivity contribution in [3.8, 4) is 0 Å². The Morgan fingerprint density at radius 3 is 2.65 bits per heavy atom. The molecular weight excluding hydrogens is 255 g/mol. The van der Waals surface area contributed by atoms with E-state index in [1.165, 1.54) is 0 Å². The van der Waals surface area contributed by atoms with Gasteiger partial charge in [-0.15, -0.1) is 6.58 Å². The predicted molar refractivity (Wildman–Crippen MR) is 74.8 cm³/mol. The Morgan fingerprint density at radius 2 is 2.12 bits per heavy atom. The van der Waals surface area contributed by atoms with Gasteiger partial charge >= 0.3 is 0 Å². The summed E-state index contributed by atoms with van der Waals surface area (Å²) in [5, 5.41) is 1.09. The van der Waals surface area contributed by atoms with Crippen LogP contribution in [0.5, 0.6) is 0 Å². The first-order valence-electron chi connectivity index (χ1n) is 5.47. The van der Waals surface area contributed by atoms with Crippen LogP contribution in [0.4, 0.5) is 0 Å². The van der Waals surface area contributed by atoms with Gasteiger partial charge < -0.3 is 4.74 Å². The number of ether oxygens (including phenoxy) is 1. The molecule has 1 atom stereocenters. The van der Waals surface area contributed by atoms with Gasteiger partial charge in [0, 0.05) is 5.92 Å². The fraction of sp³-hybridized carbons (Fsp3) is 0.286. The zero-order chi connectivity index (χ0) is 12.8. The molecule has 1 unspecified atom stereocenters. The number of rotatable bonds is 6. The summed E-state index contributed by atoms with van der Waals surface area (Å²) in [6.45, 7) is 10.2. The molecule has 0 heterocycles. The van der Waals surface area contributed by atoms with Gasteiger partial charge in [-0.05, 0) is 31.0 Å². The highest BCUT2D eigenvalue weighted by atomic mass is 35.5. The van der Waals surface area contributed by atoms with Crippen molar-refractivity contribution in [3.63, 3.8) is 0 Å². The minimum atomic E-state index is 0.0715. The van der Waals surface area contributed by atoms with Crippen LogP contribution in [-0.2, 0) is 4.74 Å². The van der Waals surface area contributed by atoms with Crippen molar-refractivity contribution < 1.29 is 4.74 Å². The molecule has 0 radical (unpaired) electrons. The van der Waals surface area contributed by atoms with Gasteiger partial charge in [-0.2, -0.15) is 0 Å². The highest BCUT2D eigenvalue weighted by Crippen LogP contribution is 2.32. The van der Waals surface area contributed by atoms with Gasteiger partial charge in [0.25, 0.3) is 0 Å². The standard InChI is InChI=1S/C14H16Cl2O/c1-4-6-12(10(3)17-5-2)11-7-8-13(15)14(16)9-11/h4,7-9,12H,1,3,5-6H2,2H3. The van der Waals surface area contributed by atoms with Gasteiger partial charge in [0.1, 0.15) is 0 Å². The van der Waals surface area contributed by atoms with E-state index in [0.29, 0.717) is 16.7 Å². The van der Waals surface area contributed by atoms with E-state index >= 15 is 0 Å². The maximum absolute atomic E-state index is 6.01. The molecule has 0 N–H and O–H groups in total. The van der Waals surface area contributed by atoms with Crippen LogP contribution in [0.1, 0.15) is 24.8 Å². The number of benzene rings is 1. The molecule has 0 saturated carbocycles. The Labute approximate surface area is 113 Å². The lowest BCUT2D eigenvalue weighted by Gasteiger charge is -2.19. The molecule has 0 spiro atoms. The van der Waals surface area contributed by atoms with Crippen molar-refractivity contribution in [3.05, 3.63) is 58.8 Å². The molecule has 1 nitrogen and oxygen atoms in total. The van der Waals surface area contributed by atoms with E-state index in [-0.39, 0.29) is 5.92 Å². The summed E-state index contributed by atoms with van der Waals surface area (Å²) in [7, 11) is 0. The summed E-state index contributed by atoms with van der Waals surface area (Å²) < 4.78 is 5.46. The average Bonchev–Trinajstić information content (AvgIpc) is 2.30. The third kappa shape index (κ3) is 3.79. The number of halogens is 2. The van der Waals surface area contributed by atoms with Crippen LogP contribution in [0.25, 0.3) is 0 Å². The van der Waals surface area contributed by atoms with Gasteiger partial charge in [0.15, 0.2) is 0 Å². The first-order chi connectivity index (χ1) is 8.10. The smallest absolute Gasteiger partial charge is 0.0965 e. The lowest BCUT2D eigenvalue weighted by molar-refractivity contribution is 0.210. The van der Waals surface area contributed by atoms with Crippen molar-refractivity contribution in [1.29, 1.82) is 0 Å². The predicted octanol–water partition coefficient (Wildman–Crippen LogP) is 5.20. The Hall–Kier alpha value is -0.920. The zero-order valence-corrected chi connectivity index (χ0v) is 11.4. The van der Waals surface area contributed by atoms with Gasteiger partial charge in [0.05, 0.1) is 22.4 Å². The van der Waals surface area contributed by atoms with Gasteiger partial charge in [0.2, 0.25) is 0 Å². The largest absolute Gasteiger partial charge is 0.498 e. The van der Waals surface area contributed by atoms with E-state index in [4.69, 9.17) is 27.9 Å². The second-order valence-electron chi connectivity index (χ2n) is 3.65. The third-order valence-corrected chi connectivity index (χ3v) is 3.21. The van der Waals surface area contributed by atoms with Crippen molar-refractivity contribution in [2.24, 2.45) is 0 Å². The Balaban J connectivity index is 3.00. The zero-order valence-electron chi connectivity index (χ0n) is 9.88. The fourth-order valence-electron chi connectivity index (χ4n) is 1.64. The second kappa shape index (κ2) is 6.73. The van der Waals surface area contributed by atoms with Crippen molar-refractivity contribution >= 4 is 23.2 Å². The Morgan fingerprint density at radius 1 is 1.41 bits per heavy atom. The average molecular weight is 271 g/mol. The van der Waals surface area contributed by atoms with Crippen molar-refractivity contribution in [2.45, 2.75) is 19.3 Å². The second-order valence-corrected chi connectivity index (χ2v) is 4.46. The van der Waals surface area contributed by atoms with Crippen LogP contribution in [0.15, 0.2) is 43.2 Å². The number of allylic oxidation sites excluding steroid dienone is 2. The summed E-state index contributed by atoms with van der Waals surface area (Å²) in [6, 6.07) is 5.57. The highest BCUT2D eigenvalue weighted by molar-refractivity contribution is 6.42. The molecule has 1 rings (SSSR count). The Bertz CT molecular complexity index is 413. The van der Waals surface area contributed by atoms with E-state index in [2.05, 4.69) is 13.2 Å². The molecule has 17 heavy (non-hydrogen) atoms. The van der Waals surface area contributed by atoms with Crippen molar-refractivity contribution in [1.82, 2.24) is 0 Å². The SMILES string of the molecule is C=CCC(C(=C)OCC)c1ccc(Cl)c(Cl)c1. The van der Waals surface area contributed by atoms with Crippen LogP contribution in [-0.4, -0.2) is 6.61 Å². The number of hydrogen-bond acceptors (Lipinski definition) is 1. The maximum atomic E-state index is 6.01. The summed E-state index contributed by atoms with van der Waals surface area (Å²) in [6.07, 6.45) is 2.61. The van der Waals surface area contributed by atoms with Crippen LogP contribution in [0.3, 0.4) is 0 Å². The molecule has 1 aromatic carbocycles. The summed E-state index contributed by atoms with van der Waals surface area (Å²) >= 11 is 11.9. The fourth-order valence-corrected chi connectivity index (χ4v) is 1.94. The molecule has 0 aromatic heterocycles. The van der Waals surface area contributed by atoms with E-state index < -0.39 is 0 Å². The monoisotopic (exact) mass is 270 g/mol. The third-order valence-electron chi connectivity index (χ3n) is 2.47. The Kier molecular flexibility index (Phi) is 5.60. The van der Waals surface area contributed by atoms with Crippen molar-refractivity contribution in [2.75, 3.05) is 6.61 Å². The molecule has 0 bridgehead atoms. The van der Waals surface area contributed by atoms with Gasteiger partial charge in [-0.25, -0.2) is 0 Å². The summed E-state index contributed by atoms with van der Waals surface area (Å²) in [4.78, 5) is 0. The van der Waals surface area contributed by atoms with E-state index in [1.54, 1.807) is 6.07 Å². The summed E-state index contributed by atoms with van der Waals surface area (Å²) in [5.41, 5.74) is 1.04. The molecule has 0 fully saturated rings. The molecule has 92 valence electrons. The first kappa shape index (κ1) is 14.1. The summed E-state index contributed by atoms with van der Waals surface area (Å²) in [5.74, 6) is 0.799. The lowest BCUT2D eigenvalue weighted by atomic mass is 9.94. The van der Waals surface area contributed by atoms with Crippen LogP contribution in [0, 0.1) is 0 Å².